The molecule has 0 aromatic rings. The van der Waals surface area contributed by atoms with Crippen molar-refractivity contribution in [2.45, 2.75) is 12.8 Å². The fourth-order valence-corrected chi connectivity index (χ4v) is 1.27. The van der Waals surface area contributed by atoms with Crippen molar-refractivity contribution >= 4 is 0 Å². The number of piperidine rings is 1. The van der Waals surface area contributed by atoms with E-state index in [2.05, 4.69) is 16.0 Å². The molecular formula is C6H14N4. The first-order chi connectivity index (χ1) is 4.93. The molecule has 0 saturated carbocycles. The van der Waals surface area contributed by atoms with Crippen LogP contribution in [0.2, 0.25) is 0 Å². The molecule has 3 N–H and O–H groups in total. The summed E-state index contributed by atoms with van der Waals surface area (Å²) in [5.74, 6) is 0.669. The Morgan fingerprint density at radius 2 is 2.60 bits per heavy atom. The lowest BCUT2D eigenvalue weighted by molar-refractivity contribution is 0.359. The Kier molecular flexibility index (Phi) is 3.15. The standard InChI is InChI=1S/C6H14N4/c7-10-9-5-6-2-1-3-8-4-6/h6,8H,1-5H2,(H2,7,9). The molecule has 0 aliphatic carbocycles. The minimum atomic E-state index is 0.669. The number of nitrogens with zero attached hydrogens (tertiary/aromatic N) is 1. The second-order valence-electron chi connectivity index (χ2n) is 2.69. The van der Waals surface area contributed by atoms with Gasteiger partial charge in [0, 0.05) is 6.54 Å². The van der Waals surface area contributed by atoms with E-state index in [0.29, 0.717) is 5.92 Å². The summed E-state index contributed by atoms with van der Waals surface area (Å²) >= 11 is 0. The van der Waals surface area contributed by atoms with Crippen LogP contribution in [0.3, 0.4) is 0 Å². The van der Waals surface area contributed by atoms with Gasteiger partial charge in [-0.15, -0.1) is 0 Å². The van der Waals surface area contributed by atoms with Crippen molar-refractivity contribution in [3.05, 3.63) is 0 Å². The Morgan fingerprint density at radius 3 is 3.20 bits per heavy atom. The van der Waals surface area contributed by atoms with Gasteiger partial charge in [0.05, 0.1) is 0 Å². The summed E-state index contributed by atoms with van der Waals surface area (Å²) < 4.78 is 0. The van der Waals surface area contributed by atoms with E-state index in [1.807, 2.05) is 0 Å². The lowest BCUT2D eigenvalue weighted by Crippen LogP contribution is -2.34. The zero-order valence-corrected chi connectivity index (χ0v) is 6.06. The van der Waals surface area contributed by atoms with Crippen molar-refractivity contribution in [3.8, 4) is 0 Å². The van der Waals surface area contributed by atoms with E-state index < -0.39 is 0 Å². The molecule has 1 unspecified atom stereocenters. The molecule has 58 valence electrons. The fraction of sp³-hybridized carbons (Fsp3) is 1.00. The molecule has 1 atom stereocenters. The molecular weight excluding hydrogens is 128 g/mol. The number of nitrogens with one attached hydrogen (secondary N) is 3. The van der Waals surface area contributed by atoms with Crippen molar-refractivity contribution in [1.82, 2.24) is 10.7 Å². The molecule has 1 aliphatic heterocycles. The van der Waals surface area contributed by atoms with Crippen LogP contribution in [0.4, 0.5) is 0 Å². The van der Waals surface area contributed by atoms with Gasteiger partial charge < -0.3 is 5.32 Å². The predicted octanol–water partition coefficient (Wildman–Crippen LogP) is 0.522. The van der Waals surface area contributed by atoms with Crippen LogP contribution >= 0.6 is 0 Å². The Labute approximate surface area is 60.9 Å². The molecule has 0 aromatic carbocycles. The monoisotopic (exact) mass is 142 g/mol. The number of rotatable bonds is 3. The Morgan fingerprint density at radius 1 is 1.70 bits per heavy atom. The van der Waals surface area contributed by atoms with E-state index in [9.17, 15) is 0 Å². The highest BCUT2D eigenvalue weighted by atomic mass is 15.4. The first kappa shape index (κ1) is 7.47. The van der Waals surface area contributed by atoms with Gasteiger partial charge in [0.2, 0.25) is 0 Å². The molecule has 1 heterocycles. The lowest BCUT2D eigenvalue weighted by atomic mass is 10.0. The van der Waals surface area contributed by atoms with E-state index >= 15 is 0 Å². The van der Waals surface area contributed by atoms with Crippen LogP contribution in [-0.4, -0.2) is 19.6 Å². The summed E-state index contributed by atoms with van der Waals surface area (Å²) in [6.45, 7) is 3.06. The summed E-state index contributed by atoms with van der Waals surface area (Å²) in [6.07, 6.45) is 2.51. The molecule has 0 bridgehead atoms. The second-order valence-corrected chi connectivity index (χ2v) is 2.69. The zero-order chi connectivity index (χ0) is 7.23. The van der Waals surface area contributed by atoms with Gasteiger partial charge >= 0.3 is 0 Å². The summed E-state index contributed by atoms with van der Waals surface area (Å²) in [6, 6.07) is 0. The lowest BCUT2D eigenvalue weighted by Gasteiger charge is -2.21. The largest absolute Gasteiger partial charge is 0.316 e. The third-order valence-corrected chi connectivity index (χ3v) is 1.86. The molecule has 1 saturated heterocycles. The van der Waals surface area contributed by atoms with Gasteiger partial charge in [-0.3, -0.25) is 5.43 Å². The van der Waals surface area contributed by atoms with Crippen LogP contribution in [0.15, 0.2) is 5.22 Å². The highest BCUT2D eigenvalue weighted by Gasteiger charge is 2.11. The van der Waals surface area contributed by atoms with Gasteiger partial charge in [0.25, 0.3) is 0 Å². The molecule has 1 aliphatic rings. The summed E-state index contributed by atoms with van der Waals surface area (Å²) in [4.78, 5) is 0. The Bertz CT molecular complexity index is 97.9. The molecule has 0 spiro atoms. The zero-order valence-electron chi connectivity index (χ0n) is 6.06. The molecule has 4 nitrogen and oxygen atoms in total. The normalized spacial score (nSPS) is 25.8. The SMILES string of the molecule is N=NNCC1CCCNC1. The topological polar surface area (TPSA) is 60.3 Å². The van der Waals surface area contributed by atoms with E-state index in [4.69, 9.17) is 5.53 Å². The minimum Gasteiger partial charge on any atom is -0.316 e. The van der Waals surface area contributed by atoms with Crippen LogP contribution in [0.1, 0.15) is 12.8 Å². The van der Waals surface area contributed by atoms with Gasteiger partial charge in [-0.2, -0.15) is 5.53 Å². The molecule has 1 rings (SSSR count). The fourth-order valence-electron chi connectivity index (χ4n) is 1.27. The average molecular weight is 142 g/mol. The molecule has 4 heteroatoms. The van der Waals surface area contributed by atoms with Gasteiger partial charge in [0.1, 0.15) is 0 Å². The summed E-state index contributed by atoms with van der Waals surface area (Å²) in [5.41, 5.74) is 9.18. The van der Waals surface area contributed by atoms with E-state index in [1.165, 1.54) is 12.8 Å². The maximum atomic E-state index is 6.51. The third kappa shape index (κ3) is 2.31. The quantitative estimate of drug-likeness (QED) is 0.397. The smallest absolute Gasteiger partial charge is 0.0386 e. The molecule has 0 amide bonds. The number of hydrogen-bond donors (Lipinski definition) is 3. The maximum Gasteiger partial charge on any atom is 0.0386 e. The average Bonchev–Trinajstić information content (AvgIpc) is 2.03. The van der Waals surface area contributed by atoms with Crippen LogP contribution in [0.5, 0.6) is 0 Å². The van der Waals surface area contributed by atoms with Crippen molar-refractivity contribution in [2.24, 2.45) is 11.1 Å². The second kappa shape index (κ2) is 4.22. The maximum absolute atomic E-state index is 6.51. The Hall–Kier alpha value is -0.640. The van der Waals surface area contributed by atoms with Crippen LogP contribution in [-0.2, 0) is 0 Å². The van der Waals surface area contributed by atoms with E-state index in [0.717, 1.165) is 19.6 Å². The number of hydrogen-bond acceptors (Lipinski definition) is 3. The van der Waals surface area contributed by atoms with Gasteiger partial charge in [-0.25, -0.2) is 0 Å². The van der Waals surface area contributed by atoms with Gasteiger partial charge in [0.15, 0.2) is 0 Å². The molecule has 0 aromatic heterocycles. The molecule has 0 radical (unpaired) electrons. The van der Waals surface area contributed by atoms with Crippen molar-refractivity contribution in [3.63, 3.8) is 0 Å². The minimum absolute atomic E-state index is 0.669. The molecule has 10 heavy (non-hydrogen) atoms. The van der Waals surface area contributed by atoms with E-state index in [1.54, 1.807) is 0 Å². The van der Waals surface area contributed by atoms with E-state index in [-0.39, 0.29) is 0 Å². The van der Waals surface area contributed by atoms with Crippen LogP contribution < -0.4 is 10.7 Å². The predicted molar refractivity (Wildman–Crippen MR) is 38.7 cm³/mol. The summed E-state index contributed by atoms with van der Waals surface area (Å²) in [5, 5.41) is 6.40. The Balaban J connectivity index is 2.07. The van der Waals surface area contributed by atoms with Crippen LogP contribution in [0.25, 0.3) is 0 Å². The van der Waals surface area contributed by atoms with Gasteiger partial charge in [-0.05, 0) is 31.8 Å². The first-order valence-electron chi connectivity index (χ1n) is 3.73. The third-order valence-electron chi connectivity index (χ3n) is 1.86. The first-order valence-corrected chi connectivity index (χ1v) is 3.73. The van der Waals surface area contributed by atoms with Crippen molar-refractivity contribution in [2.75, 3.05) is 19.6 Å². The summed E-state index contributed by atoms with van der Waals surface area (Å²) in [7, 11) is 0. The van der Waals surface area contributed by atoms with Crippen molar-refractivity contribution < 1.29 is 0 Å². The van der Waals surface area contributed by atoms with Gasteiger partial charge in [-0.1, -0.05) is 5.22 Å². The van der Waals surface area contributed by atoms with Crippen molar-refractivity contribution in [1.29, 1.82) is 5.53 Å². The van der Waals surface area contributed by atoms with Crippen LogP contribution in [0, 0.1) is 11.4 Å². The highest BCUT2D eigenvalue weighted by Crippen LogP contribution is 2.07. The highest BCUT2D eigenvalue weighted by molar-refractivity contribution is 4.69. The molecule has 1 fully saturated rings.